The Morgan fingerprint density at radius 3 is 2.33 bits per heavy atom. The number of nitrogens with zero attached hydrogens (tertiary/aromatic N) is 3. The first kappa shape index (κ1) is 15.1. The van der Waals surface area contributed by atoms with Crippen LogP contribution in [-0.2, 0) is 17.1 Å². The zero-order valence-electron chi connectivity index (χ0n) is 11.1. The Balaban J connectivity index is 3.34. The maximum absolute atomic E-state index is 12.5. The molecule has 0 saturated heterocycles. The highest BCUT2D eigenvalue weighted by Gasteiger charge is 2.31. The predicted molar refractivity (Wildman–Crippen MR) is 73.9 cm³/mol. The zero-order valence-corrected chi connectivity index (χ0v) is 12.8. The maximum atomic E-state index is 12.5. The van der Waals surface area contributed by atoms with E-state index in [-0.39, 0.29) is 9.88 Å². The summed E-state index contributed by atoms with van der Waals surface area (Å²) in [4.78, 5) is 0.357. The van der Waals surface area contributed by atoms with Crippen molar-refractivity contribution < 1.29 is 8.42 Å². The summed E-state index contributed by atoms with van der Waals surface area (Å²) in [5.74, 6) is 0. The van der Waals surface area contributed by atoms with Gasteiger partial charge in [0.2, 0.25) is 10.0 Å². The lowest BCUT2D eigenvalue weighted by Gasteiger charge is -2.23. The number of nitrogens with two attached hydrogens (primary N) is 1. The zero-order chi connectivity index (χ0) is 14.2. The summed E-state index contributed by atoms with van der Waals surface area (Å²) in [6.45, 7) is 5.03. The molecule has 6 nitrogen and oxygen atoms in total. The van der Waals surface area contributed by atoms with Gasteiger partial charge in [0.15, 0.2) is 0 Å². The number of hydrogen-bond acceptors (Lipinski definition) is 4. The van der Waals surface area contributed by atoms with E-state index in [4.69, 9.17) is 18.0 Å². The van der Waals surface area contributed by atoms with E-state index in [9.17, 15) is 8.42 Å². The number of sulfonamides is 1. The summed E-state index contributed by atoms with van der Waals surface area (Å²) in [7, 11) is -0.471. The van der Waals surface area contributed by atoms with E-state index in [0.29, 0.717) is 11.4 Å². The Morgan fingerprint density at radius 2 is 2.00 bits per heavy atom. The standard InChI is InChI=1S/C10H18N4O2S2/c1-6-9(7(2)13(4)12-6)18(15,16)14(5)8(3)10(11)17/h8H,1-5H3,(H2,11,17). The first-order valence-corrected chi connectivity index (χ1v) is 7.23. The number of hydrogen-bond donors (Lipinski definition) is 1. The monoisotopic (exact) mass is 290 g/mol. The van der Waals surface area contributed by atoms with Crippen molar-refractivity contribution in [1.29, 1.82) is 0 Å². The van der Waals surface area contributed by atoms with Crippen LogP contribution in [0.5, 0.6) is 0 Å². The minimum atomic E-state index is -3.64. The third-order valence-electron chi connectivity index (χ3n) is 3.04. The van der Waals surface area contributed by atoms with Gasteiger partial charge in [-0.15, -0.1) is 0 Å². The van der Waals surface area contributed by atoms with Crippen molar-refractivity contribution in [3.05, 3.63) is 11.4 Å². The minimum absolute atomic E-state index is 0.139. The Kier molecular flexibility index (Phi) is 4.14. The van der Waals surface area contributed by atoms with Crippen LogP contribution in [0.1, 0.15) is 18.3 Å². The van der Waals surface area contributed by atoms with Gasteiger partial charge in [-0.3, -0.25) is 4.68 Å². The molecule has 0 aromatic carbocycles. The average Bonchev–Trinajstić information content (AvgIpc) is 2.50. The molecule has 0 aliphatic rings. The van der Waals surface area contributed by atoms with Crippen LogP contribution in [-0.4, -0.2) is 40.6 Å². The molecule has 18 heavy (non-hydrogen) atoms. The van der Waals surface area contributed by atoms with E-state index >= 15 is 0 Å². The highest BCUT2D eigenvalue weighted by atomic mass is 32.2. The van der Waals surface area contributed by atoms with Crippen molar-refractivity contribution in [3.8, 4) is 0 Å². The van der Waals surface area contributed by atoms with Crippen LogP contribution in [0.25, 0.3) is 0 Å². The Morgan fingerprint density at radius 1 is 1.50 bits per heavy atom. The van der Waals surface area contributed by atoms with Gasteiger partial charge in [-0.1, -0.05) is 12.2 Å². The highest BCUT2D eigenvalue weighted by molar-refractivity contribution is 7.89. The van der Waals surface area contributed by atoms with Crippen LogP contribution in [0.2, 0.25) is 0 Å². The molecule has 2 N–H and O–H groups in total. The molecule has 1 heterocycles. The topological polar surface area (TPSA) is 81.2 Å². The smallest absolute Gasteiger partial charge is 0.247 e. The predicted octanol–water partition coefficient (Wildman–Crippen LogP) is 0.332. The minimum Gasteiger partial charge on any atom is -0.392 e. The van der Waals surface area contributed by atoms with Gasteiger partial charge in [-0.2, -0.15) is 9.40 Å². The van der Waals surface area contributed by atoms with E-state index < -0.39 is 16.1 Å². The lowest BCUT2D eigenvalue weighted by molar-refractivity contribution is 0.450. The quantitative estimate of drug-likeness (QED) is 0.808. The van der Waals surface area contributed by atoms with Crippen molar-refractivity contribution >= 4 is 27.2 Å². The van der Waals surface area contributed by atoms with Crippen LogP contribution in [0.15, 0.2) is 4.90 Å². The van der Waals surface area contributed by atoms with Crippen LogP contribution in [0.3, 0.4) is 0 Å². The molecule has 102 valence electrons. The fourth-order valence-electron chi connectivity index (χ4n) is 1.66. The summed E-state index contributed by atoms with van der Waals surface area (Å²) in [5, 5.41) is 4.11. The SMILES string of the molecule is Cc1nn(C)c(C)c1S(=O)(=O)N(C)C(C)C(N)=S. The third-order valence-corrected chi connectivity index (χ3v) is 5.56. The summed E-state index contributed by atoms with van der Waals surface area (Å²) < 4.78 is 27.7. The van der Waals surface area contributed by atoms with E-state index in [1.807, 2.05) is 0 Å². The molecule has 0 aliphatic heterocycles. The van der Waals surface area contributed by atoms with E-state index in [2.05, 4.69) is 5.10 Å². The van der Waals surface area contributed by atoms with Crippen LogP contribution < -0.4 is 5.73 Å². The summed E-state index contributed by atoms with van der Waals surface area (Å²) in [5.41, 5.74) is 6.56. The normalized spacial score (nSPS) is 13.9. The molecule has 1 aromatic heterocycles. The van der Waals surface area contributed by atoms with Crippen LogP contribution >= 0.6 is 12.2 Å². The van der Waals surface area contributed by atoms with E-state index in [1.54, 1.807) is 32.5 Å². The van der Waals surface area contributed by atoms with Crippen molar-refractivity contribution in [1.82, 2.24) is 14.1 Å². The second kappa shape index (κ2) is 4.94. The van der Waals surface area contributed by atoms with Gasteiger partial charge >= 0.3 is 0 Å². The van der Waals surface area contributed by atoms with Gasteiger partial charge in [-0.05, 0) is 20.8 Å². The summed E-state index contributed by atoms with van der Waals surface area (Å²) in [6.07, 6.45) is 0. The Bertz CT molecular complexity index is 577. The molecule has 1 aromatic rings. The molecule has 1 unspecified atom stereocenters. The van der Waals surface area contributed by atoms with Crippen molar-refractivity contribution in [2.24, 2.45) is 12.8 Å². The molecular formula is C10H18N4O2S2. The Hall–Kier alpha value is -0.990. The average molecular weight is 290 g/mol. The molecule has 1 rings (SSSR count). The molecule has 0 bridgehead atoms. The summed E-state index contributed by atoms with van der Waals surface area (Å²) in [6, 6.07) is -0.538. The maximum Gasteiger partial charge on any atom is 0.247 e. The van der Waals surface area contributed by atoms with Gasteiger partial charge in [-0.25, -0.2) is 8.42 Å². The van der Waals surface area contributed by atoms with Crippen molar-refractivity contribution in [2.45, 2.75) is 31.7 Å². The van der Waals surface area contributed by atoms with Crippen LogP contribution in [0, 0.1) is 13.8 Å². The fraction of sp³-hybridized carbons (Fsp3) is 0.600. The van der Waals surface area contributed by atoms with Gasteiger partial charge < -0.3 is 5.73 Å². The molecular weight excluding hydrogens is 272 g/mol. The molecule has 0 amide bonds. The number of aryl methyl sites for hydroxylation is 2. The fourth-order valence-corrected chi connectivity index (χ4v) is 3.62. The first-order chi connectivity index (χ1) is 8.10. The lowest BCUT2D eigenvalue weighted by atomic mass is 10.3. The second-order valence-corrected chi connectivity index (χ2v) is 6.63. The van der Waals surface area contributed by atoms with E-state index in [0.717, 1.165) is 0 Å². The molecule has 8 heteroatoms. The molecule has 0 saturated carbocycles. The van der Waals surface area contributed by atoms with Gasteiger partial charge in [0.25, 0.3) is 0 Å². The molecule has 1 atom stereocenters. The molecule has 0 aliphatic carbocycles. The first-order valence-electron chi connectivity index (χ1n) is 5.38. The number of rotatable bonds is 4. The van der Waals surface area contributed by atoms with Crippen LogP contribution in [0.4, 0.5) is 0 Å². The number of likely N-dealkylation sites (N-methyl/N-ethyl adjacent to an activating group) is 1. The third kappa shape index (κ3) is 2.40. The summed E-state index contributed by atoms with van der Waals surface area (Å²) >= 11 is 4.84. The largest absolute Gasteiger partial charge is 0.392 e. The van der Waals surface area contributed by atoms with Crippen molar-refractivity contribution in [2.75, 3.05) is 7.05 Å². The van der Waals surface area contributed by atoms with Gasteiger partial charge in [0.05, 0.1) is 22.4 Å². The second-order valence-electron chi connectivity index (χ2n) is 4.22. The highest BCUT2D eigenvalue weighted by Crippen LogP contribution is 2.23. The van der Waals surface area contributed by atoms with Crippen molar-refractivity contribution in [3.63, 3.8) is 0 Å². The Labute approximate surface area is 113 Å². The lowest BCUT2D eigenvalue weighted by Crippen LogP contribution is -2.42. The van der Waals surface area contributed by atoms with E-state index in [1.165, 1.54) is 11.4 Å². The molecule has 0 radical (unpaired) electrons. The molecule has 0 fully saturated rings. The number of thiocarbonyl (C=S) groups is 1. The van der Waals surface area contributed by atoms with Gasteiger partial charge in [0, 0.05) is 14.1 Å². The number of aromatic nitrogens is 2. The van der Waals surface area contributed by atoms with Gasteiger partial charge in [0.1, 0.15) is 4.90 Å². The molecule has 0 spiro atoms.